The number of ether oxygens (including phenoxy) is 1. The van der Waals surface area contributed by atoms with Gasteiger partial charge in [-0.25, -0.2) is 19.9 Å². The lowest BCUT2D eigenvalue weighted by atomic mass is 10.1. The number of rotatable bonds is 6. The van der Waals surface area contributed by atoms with E-state index in [-0.39, 0.29) is 0 Å². The number of imidazole rings is 2. The third-order valence-electron chi connectivity index (χ3n) is 5.56. The molecule has 10 heteroatoms. The average Bonchev–Trinajstić information content (AvgIpc) is 3.44. The summed E-state index contributed by atoms with van der Waals surface area (Å²) in [7, 11) is 0. The zero-order chi connectivity index (χ0) is 20.7. The highest BCUT2D eigenvalue weighted by Gasteiger charge is 2.44. The van der Waals surface area contributed by atoms with Crippen molar-refractivity contribution in [3.63, 3.8) is 0 Å². The van der Waals surface area contributed by atoms with Gasteiger partial charge in [0.2, 0.25) is 0 Å². The van der Waals surface area contributed by atoms with Gasteiger partial charge in [0.15, 0.2) is 11.9 Å². The molecule has 1 aliphatic rings. The van der Waals surface area contributed by atoms with Crippen LogP contribution in [-0.4, -0.2) is 70.7 Å². The molecule has 0 aliphatic carbocycles. The van der Waals surface area contributed by atoms with Gasteiger partial charge in [-0.05, 0) is 19.1 Å². The van der Waals surface area contributed by atoms with Crippen LogP contribution in [0.1, 0.15) is 11.9 Å². The third kappa shape index (κ3) is 3.23. The molecule has 156 valence electrons. The highest BCUT2D eigenvalue weighted by Crippen LogP contribution is 2.31. The molecule has 3 N–H and O–H groups in total. The van der Waals surface area contributed by atoms with Crippen LogP contribution in [0.15, 0.2) is 43.2 Å². The van der Waals surface area contributed by atoms with Crippen LogP contribution in [0.2, 0.25) is 0 Å². The smallest absolute Gasteiger partial charge is 0.165 e. The summed E-state index contributed by atoms with van der Waals surface area (Å²) >= 11 is 0. The van der Waals surface area contributed by atoms with Crippen molar-refractivity contribution in [3.8, 4) is 0 Å². The number of hydrogen-bond acceptors (Lipinski definition) is 8. The van der Waals surface area contributed by atoms with E-state index in [1.54, 1.807) is 10.9 Å². The number of aryl methyl sites for hydroxylation is 1. The van der Waals surface area contributed by atoms with Gasteiger partial charge in [0, 0.05) is 19.6 Å². The Kier molecular flexibility index (Phi) is 4.91. The molecule has 4 aromatic rings. The highest BCUT2D eigenvalue weighted by molar-refractivity contribution is 5.75. The van der Waals surface area contributed by atoms with E-state index in [2.05, 4.69) is 29.8 Å². The molecule has 4 atom stereocenters. The minimum Gasteiger partial charge on any atom is -0.387 e. The second-order valence-corrected chi connectivity index (χ2v) is 7.46. The highest BCUT2D eigenvalue weighted by atomic mass is 16.6. The molecule has 0 radical (unpaired) electrons. The van der Waals surface area contributed by atoms with Crippen LogP contribution in [0.25, 0.3) is 22.2 Å². The summed E-state index contributed by atoms with van der Waals surface area (Å²) < 4.78 is 9.69. The summed E-state index contributed by atoms with van der Waals surface area (Å²) in [5, 5.41) is 24.3. The van der Waals surface area contributed by atoms with Crippen molar-refractivity contribution in [3.05, 3.63) is 48.9 Å². The van der Waals surface area contributed by atoms with Gasteiger partial charge in [-0.2, -0.15) is 0 Å². The summed E-state index contributed by atoms with van der Waals surface area (Å²) in [4.78, 5) is 17.1. The molecule has 1 saturated heterocycles. The zero-order valence-corrected chi connectivity index (χ0v) is 16.5. The maximum Gasteiger partial charge on any atom is 0.165 e. The minimum atomic E-state index is -1.08. The van der Waals surface area contributed by atoms with Gasteiger partial charge in [0.05, 0.1) is 29.4 Å². The van der Waals surface area contributed by atoms with E-state index in [4.69, 9.17) is 4.74 Å². The molecule has 3 aromatic heterocycles. The number of nitrogens with one attached hydrogen (secondary N) is 1. The first kappa shape index (κ1) is 19.1. The number of nitrogens with zero attached hydrogens (tertiary/aromatic N) is 6. The summed E-state index contributed by atoms with van der Waals surface area (Å²) in [5.41, 5.74) is 4.01. The fourth-order valence-electron chi connectivity index (χ4n) is 3.92. The molecule has 0 spiro atoms. The van der Waals surface area contributed by atoms with E-state index in [1.807, 2.05) is 37.5 Å². The molecule has 4 heterocycles. The molecule has 1 aliphatic heterocycles. The predicted molar refractivity (Wildman–Crippen MR) is 109 cm³/mol. The number of aliphatic hydroxyl groups is 2. The van der Waals surface area contributed by atoms with Gasteiger partial charge in [-0.1, -0.05) is 12.1 Å². The van der Waals surface area contributed by atoms with Crippen LogP contribution < -0.4 is 5.32 Å². The minimum absolute atomic E-state index is 0.405. The largest absolute Gasteiger partial charge is 0.387 e. The van der Waals surface area contributed by atoms with Gasteiger partial charge in [0.1, 0.15) is 30.2 Å². The van der Waals surface area contributed by atoms with Gasteiger partial charge in [-0.3, -0.25) is 4.57 Å². The van der Waals surface area contributed by atoms with Gasteiger partial charge < -0.3 is 24.8 Å². The van der Waals surface area contributed by atoms with Gasteiger partial charge >= 0.3 is 0 Å². The van der Waals surface area contributed by atoms with Crippen LogP contribution in [0.4, 0.5) is 0 Å². The van der Waals surface area contributed by atoms with E-state index >= 15 is 0 Å². The van der Waals surface area contributed by atoms with E-state index in [0.29, 0.717) is 24.3 Å². The summed E-state index contributed by atoms with van der Waals surface area (Å²) in [6.07, 6.45) is 1.42. The second kappa shape index (κ2) is 7.73. The molecule has 1 aromatic carbocycles. The molecule has 1 fully saturated rings. The SMILES string of the molecule is Cc1ncnc2c1ncn2C1OC(CNCCn2cnc3ccccc32)C(O)C1O. The number of aliphatic hydroxyl groups excluding tert-OH is 2. The quantitative estimate of drug-likeness (QED) is 0.391. The lowest BCUT2D eigenvalue weighted by Crippen LogP contribution is -2.38. The Hall–Kier alpha value is -2.92. The third-order valence-corrected chi connectivity index (χ3v) is 5.56. The fourth-order valence-corrected chi connectivity index (χ4v) is 3.92. The first-order valence-electron chi connectivity index (χ1n) is 9.90. The summed E-state index contributed by atoms with van der Waals surface area (Å²) in [6.45, 7) is 3.66. The van der Waals surface area contributed by atoms with Crippen molar-refractivity contribution >= 4 is 22.2 Å². The van der Waals surface area contributed by atoms with Crippen LogP contribution in [0.5, 0.6) is 0 Å². The molecule has 0 bridgehead atoms. The standard InChI is InChI=1S/C20H23N7O3/c1-12-16-19(23-9-22-12)27(11-25-16)20-18(29)17(28)15(30-20)8-21-6-7-26-10-24-13-4-2-3-5-14(13)26/h2-5,9-11,15,17-18,20-21,28-29H,6-8H2,1H3. The Labute approximate surface area is 172 Å². The van der Waals surface area contributed by atoms with Crippen molar-refractivity contribution in [2.24, 2.45) is 0 Å². The monoisotopic (exact) mass is 409 g/mol. The second-order valence-electron chi connectivity index (χ2n) is 7.46. The first-order valence-corrected chi connectivity index (χ1v) is 9.90. The first-order chi connectivity index (χ1) is 14.6. The van der Waals surface area contributed by atoms with E-state index in [9.17, 15) is 10.2 Å². The van der Waals surface area contributed by atoms with Crippen LogP contribution in [-0.2, 0) is 11.3 Å². The molecule has 0 saturated carbocycles. The van der Waals surface area contributed by atoms with Crippen LogP contribution in [0, 0.1) is 6.92 Å². The molecule has 10 nitrogen and oxygen atoms in total. The Balaban J connectivity index is 1.22. The molecule has 5 rings (SSSR count). The van der Waals surface area contributed by atoms with Crippen molar-refractivity contribution in [1.29, 1.82) is 0 Å². The number of aromatic nitrogens is 6. The summed E-state index contributed by atoms with van der Waals surface area (Å²) in [5.74, 6) is 0. The Bertz CT molecular complexity index is 1170. The predicted octanol–water partition coefficient (Wildman–Crippen LogP) is 0.393. The molecular formula is C20H23N7O3. The number of para-hydroxylation sites is 2. The topological polar surface area (TPSA) is 123 Å². The van der Waals surface area contributed by atoms with Crippen molar-refractivity contribution < 1.29 is 14.9 Å². The lowest BCUT2D eigenvalue weighted by molar-refractivity contribution is -0.0341. The van der Waals surface area contributed by atoms with Crippen molar-refractivity contribution in [2.75, 3.05) is 13.1 Å². The maximum atomic E-state index is 10.5. The summed E-state index contributed by atoms with van der Waals surface area (Å²) in [6, 6.07) is 7.98. The van der Waals surface area contributed by atoms with Gasteiger partial charge in [-0.15, -0.1) is 0 Å². The Morgan fingerprint density at radius 1 is 1.07 bits per heavy atom. The number of benzene rings is 1. The van der Waals surface area contributed by atoms with Crippen molar-refractivity contribution in [2.45, 2.75) is 38.0 Å². The molecular weight excluding hydrogens is 386 g/mol. The molecule has 4 unspecified atom stereocenters. The fraction of sp³-hybridized carbons (Fsp3) is 0.400. The lowest BCUT2D eigenvalue weighted by Gasteiger charge is -2.16. The average molecular weight is 409 g/mol. The van der Waals surface area contributed by atoms with E-state index < -0.39 is 24.5 Å². The zero-order valence-electron chi connectivity index (χ0n) is 16.5. The number of fused-ring (bicyclic) bond motifs is 2. The Morgan fingerprint density at radius 3 is 2.83 bits per heavy atom. The van der Waals surface area contributed by atoms with Gasteiger partial charge in [0.25, 0.3) is 0 Å². The molecule has 30 heavy (non-hydrogen) atoms. The van der Waals surface area contributed by atoms with Crippen molar-refractivity contribution in [1.82, 2.24) is 34.4 Å². The molecule has 0 amide bonds. The van der Waals surface area contributed by atoms with E-state index in [1.165, 1.54) is 6.33 Å². The normalized spacial score (nSPS) is 24.2. The maximum absolute atomic E-state index is 10.5. The Morgan fingerprint density at radius 2 is 1.93 bits per heavy atom. The number of hydrogen-bond donors (Lipinski definition) is 3. The van der Waals surface area contributed by atoms with Crippen LogP contribution in [0.3, 0.4) is 0 Å². The van der Waals surface area contributed by atoms with Crippen LogP contribution >= 0.6 is 0 Å². The van der Waals surface area contributed by atoms with E-state index in [0.717, 1.165) is 23.3 Å².